The average molecular weight is 261 g/mol. The molecule has 1 heterocycles. The number of morpholine rings is 1. The van der Waals surface area contributed by atoms with E-state index < -0.39 is 0 Å². The molecule has 0 spiro atoms. The maximum atomic E-state index is 12.0. The summed E-state index contributed by atoms with van der Waals surface area (Å²) in [5.41, 5.74) is 2.42. The number of benzene rings is 1. The molecule has 1 fully saturated rings. The van der Waals surface area contributed by atoms with Gasteiger partial charge in [-0.25, -0.2) is 0 Å². The van der Waals surface area contributed by atoms with Crippen LogP contribution in [0.4, 0.5) is 0 Å². The minimum absolute atomic E-state index is 0.191. The summed E-state index contributed by atoms with van der Waals surface area (Å²) < 4.78 is 5.36. The molecule has 1 atom stereocenters. The van der Waals surface area contributed by atoms with Crippen molar-refractivity contribution in [1.82, 2.24) is 5.32 Å². The average Bonchev–Trinajstić information content (AvgIpc) is 2.40. The summed E-state index contributed by atoms with van der Waals surface area (Å²) in [7, 11) is 0. The Labute approximate surface area is 115 Å². The summed E-state index contributed by atoms with van der Waals surface area (Å²) in [6.07, 6.45) is 1.09. The smallest absolute Gasteiger partial charge is 0.138 e. The van der Waals surface area contributed by atoms with Crippen LogP contribution in [0.1, 0.15) is 37.3 Å². The lowest BCUT2D eigenvalue weighted by molar-refractivity contribution is -0.119. The maximum absolute atomic E-state index is 12.0. The van der Waals surface area contributed by atoms with Gasteiger partial charge in [0.2, 0.25) is 0 Å². The maximum Gasteiger partial charge on any atom is 0.138 e. The molecule has 19 heavy (non-hydrogen) atoms. The van der Waals surface area contributed by atoms with Gasteiger partial charge in [0.25, 0.3) is 0 Å². The normalized spacial score (nSPS) is 19.6. The summed E-state index contributed by atoms with van der Waals surface area (Å²) in [6, 6.07) is 8.57. The molecule has 0 amide bonds. The van der Waals surface area contributed by atoms with E-state index in [0.29, 0.717) is 25.4 Å². The molecule has 3 heteroatoms. The summed E-state index contributed by atoms with van der Waals surface area (Å²) in [6.45, 7) is 6.60. The lowest BCUT2D eigenvalue weighted by Gasteiger charge is -2.23. The van der Waals surface area contributed by atoms with E-state index in [2.05, 4.69) is 43.4 Å². The second kappa shape index (κ2) is 6.83. The van der Waals surface area contributed by atoms with Crippen molar-refractivity contribution in [2.24, 2.45) is 0 Å². The number of Topliss-reactive ketones (excluding diaryl/α,β-unsaturated/α-hetero) is 1. The van der Waals surface area contributed by atoms with Gasteiger partial charge in [-0.3, -0.25) is 4.79 Å². The van der Waals surface area contributed by atoms with Gasteiger partial charge in [0.1, 0.15) is 5.78 Å². The van der Waals surface area contributed by atoms with Crippen molar-refractivity contribution in [1.29, 1.82) is 0 Å². The molecule has 1 aromatic rings. The zero-order chi connectivity index (χ0) is 13.7. The van der Waals surface area contributed by atoms with Crippen LogP contribution >= 0.6 is 0 Å². The Morgan fingerprint density at radius 2 is 2.11 bits per heavy atom. The molecular weight excluding hydrogens is 238 g/mol. The van der Waals surface area contributed by atoms with E-state index >= 15 is 0 Å². The Hall–Kier alpha value is -1.19. The van der Waals surface area contributed by atoms with Crippen LogP contribution in [-0.4, -0.2) is 31.6 Å². The van der Waals surface area contributed by atoms with Crippen molar-refractivity contribution in [2.45, 2.75) is 38.6 Å². The molecule has 1 unspecified atom stereocenters. The number of nitrogens with one attached hydrogen (secondary N) is 1. The molecule has 0 bridgehead atoms. The fourth-order valence-corrected chi connectivity index (χ4v) is 2.35. The number of ether oxygens (including phenoxy) is 1. The van der Waals surface area contributed by atoms with Crippen LogP contribution in [0.5, 0.6) is 0 Å². The zero-order valence-electron chi connectivity index (χ0n) is 11.8. The summed E-state index contributed by atoms with van der Waals surface area (Å²) >= 11 is 0. The lowest BCUT2D eigenvalue weighted by atomic mass is 9.98. The highest BCUT2D eigenvalue weighted by Gasteiger charge is 2.16. The summed E-state index contributed by atoms with van der Waals surface area (Å²) in [5.74, 6) is 0.814. The molecule has 1 N–H and O–H groups in total. The minimum atomic E-state index is 0.191. The topological polar surface area (TPSA) is 38.3 Å². The van der Waals surface area contributed by atoms with E-state index in [1.165, 1.54) is 5.56 Å². The molecule has 1 aromatic carbocycles. The van der Waals surface area contributed by atoms with Gasteiger partial charge in [0, 0.05) is 25.4 Å². The van der Waals surface area contributed by atoms with Crippen molar-refractivity contribution < 1.29 is 9.53 Å². The summed E-state index contributed by atoms with van der Waals surface area (Å²) in [5, 5.41) is 3.31. The number of carbonyl (C=O) groups excluding carboxylic acids is 1. The molecule has 0 aromatic heterocycles. The van der Waals surface area contributed by atoms with Crippen LogP contribution in [0, 0.1) is 0 Å². The second-order valence-electron chi connectivity index (χ2n) is 5.54. The van der Waals surface area contributed by atoms with Crippen molar-refractivity contribution in [2.75, 3.05) is 19.8 Å². The fraction of sp³-hybridized carbons (Fsp3) is 0.562. The number of hydrogen-bond acceptors (Lipinski definition) is 3. The Morgan fingerprint density at radius 1 is 1.37 bits per heavy atom. The highest BCUT2D eigenvalue weighted by atomic mass is 16.5. The second-order valence-corrected chi connectivity index (χ2v) is 5.54. The lowest BCUT2D eigenvalue weighted by Crippen LogP contribution is -2.42. The molecule has 0 saturated carbocycles. The number of rotatable bonds is 5. The first kappa shape index (κ1) is 14.2. The van der Waals surface area contributed by atoms with E-state index in [9.17, 15) is 4.79 Å². The van der Waals surface area contributed by atoms with Crippen LogP contribution < -0.4 is 5.32 Å². The predicted octanol–water partition coefficient (Wildman–Crippen LogP) is 2.30. The van der Waals surface area contributed by atoms with E-state index in [1.54, 1.807) is 0 Å². The van der Waals surface area contributed by atoms with E-state index in [4.69, 9.17) is 4.74 Å². The van der Waals surface area contributed by atoms with Crippen molar-refractivity contribution in [3.05, 3.63) is 35.4 Å². The highest BCUT2D eigenvalue weighted by molar-refractivity contribution is 5.81. The van der Waals surface area contributed by atoms with Gasteiger partial charge in [-0.05, 0) is 17.0 Å². The first-order valence-corrected chi connectivity index (χ1v) is 7.07. The van der Waals surface area contributed by atoms with E-state index in [-0.39, 0.29) is 11.8 Å². The molecular formula is C16H23NO2. The standard InChI is InChI=1S/C16H23NO2/c1-12(2)14-5-3-13(4-6-14)9-16(18)10-15-11-19-8-7-17-15/h3-6,12,15,17H,7-11H2,1-2H3. The molecule has 104 valence electrons. The third kappa shape index (κ3) is 4.44. The van der Waals surface area contributed by atoms with Gasteiger partial charge in [0.05, 0.1) is 13.2 Å². The number of ketones is 1. The molecule has 3 nitrogen and oxygen atoms in total. The molecule has 0 radical (unpaired) electrons. The van der Waals surface area contributed by atoms with Crippen LogP contribution in [0.2, 0.25) is 0 Å². The predicted molar refractivity (Wildman–Crippen MR) is 76.5 cm³/mol. The van der Waals surface area contributed by atoms with Gasteiger partial charge in [0.15, 0.2) is 0 Å². The SMILES string of the molecule is CC(C)c1ccc(CC(=O)CC2COCCN2)cc1. The minimum Gasteiger partial charge on any atom is -0.379 e. The third-order valence-corrected chi connectivity index (χ3v) is 3.52. The molecule has 1 aliphatic heterocycles. The molecule has 1 aliphatic rings. The molecule has 1 saturated heterocycles. The van der Waals surface area contributed by atoms with Gasteiger partial charge in [-0.15, -0.1) is 0 Å². The zero-order valence-corrected chi connectivity index (χ0v) is 11.8. The van der Waals surface area contributed by atoms with Gasteiger partial charge >= 0.3 is 0 Å². The first-order valence-electron chi connectivity index (χ1n) is 7.07. The Morgan fingerprint density at radius 3 is 2.68 bits per heavy atom. The third-order valence-electron chi connectivity index (χ3n) is 3.52. The number of carbonyl (C=O) groups is 1. The van der Waals surface area contributed by atoms with E-state index in [1.807, 2.05) is 0 Å². The molecule has 0 aliphatic carbocycles. The monoisotopic (exact) mass is 261 g/mol. The van der Waals surface area contributed by atoms with Gasteiger partial charge < -0.3 is 10.1 Å². The van der Waals surface area contributed by atoms with Gasteiger partial charge in [-0.2, -0.15) is 0 Å². The first-order chi connectivity index (χ1) is 9.15. The Balaban J connectivity index is 1.84. The van der Waals surface area contributed by atoms with Crippen LogP contribution in [0.25, 0.3) is 0 Å². The summed E-state index contributed by atoms with van der Waals surface area (Å²) in [4.78, 5) is 12.0. The van der Waals surface area contributed by atoms with Crippen LogP contribution in [0.3, 0.4) is 0 Å². The van der Waals surface area contributed by atoms with Crippen LogP contribution in [-0.2, 0) is 16.0 Å². The van der Waals surface area contributed by atoms with Gasteiger partial charge in [-0.1, -0.05) is 38.1 Å². The largest absolute Gasteiger partial charge is 0.379 e. The Bertz CT molecular complexity index is 405. The van der Waals surface area contributed by atoms with Crippen molar-refractivity contribution in [3.63, 3.8) is 0 Å². The number of hydrogen-bond donors (Lipinski definition) is 1. The highest BCUT2D eigenvalue weighted by Crippen LogP contribution is 2.15. The van der Waals surface area contributed by atoms with Crippen LogP contribution in [0.15, 0.2) is 24.3 Å². The van der Waals surface area contributed by atoms with E-state index in [0.717, 1.165) is 18.7 Å². The van der Waals surface area contributed by atoms with Crippen molar-refractivity contribution >= 4 is 5.78 Å². The van der Waals surface area contributed by atoms with Crippen molar-refractivity contribution in [3.8, 4) is 0 Å². The fourth-order valence-electron chi connectivity index (χ4n) is 2.35. The Kier molecular flexibility index (Phi) is 5.11. The quantitative estimate of drug-likeness (QED) is 0.884. The molecule has 2 rings (SSSR count).